The van der Waals surface area contributed by atoms with Gasteiger partial charge in [-0.2, -0.15) is 0 Å². The number of carbonyl (C=O) groups is 2. The predicted molar refractivity (Wildman–Crippen MR) is 72.3 cm³/mol. The zero-order chi connectivity index (χ0) is 13.4. The predicted octanol–water partition coefficient (Wildman–Crippen LogP) is 0.526. The van der Waals surface area contributed by atoms with Crippen molar-refractivity contribution in [1.29, 1.82) is 0 Å². The van der Waals surface area contributed by atoms with Crippen molar-refractivity contribution < 1.29 is 14.3 Å². The Morgan fingerprint density at radius 2 is 2.22 bits per heavy atom. The van der Waals surface area contributed by atoms with Crippen molar-refractivity contribution >= 4 is 23.6 Å². The van der Waals surface area contributed by atoms with Gasteiger partial charge in [-0.1, -0.05) is 6.42 Å². The van der Waals surface area contributed by atoms with Gasteiger partial charge in [-0.05, 0) is 19.3 Å². The Bertz CT molecular complexity index is 286. The summed E-state index contributed by atoms with van der Waals surface area (Å²) >= 11 is 1.46. The number of amides is 1. The summed E-state index contributed by atoms with van der Waals surface area (Å²) in [5.41, 5.74) is 5.85. The molecule has 1 saturated carbocycles. The summed E-state index contributed by atoms with van der Waals surface area (Å²) < 4.78 is 4.52. The Hall–Kier alpha value is -0.750. The summed E-state index contributed by atoms with van der Waals surface area (Å²) in [4.78, 5) is 22.7. The van der Waals surface area contributed by atoms with Crippen molar-refractivity contribution in [3.8, 4) is 0 Å². The van der Waals surface area contributed by atoms with Gasteiger partial charge in [0.25, 0.3) is 0 Å². The van der Waals surface area contributed by atoms with E-state index in [1.807, 2.05) is 0 Å². The lowest BCUT2D eigenvalue weighted by Crippen LogP contribution is -2.38. The number of rotatable bonds is 6. The highest BCUT2D eigenvalue weighted by atomic mass is 32.2. The van der Waals surface area contributed by atoms with Gasteiger partial charge in [-0.3, -0.25) is 9.59 Å². The van der Waals surface area contributed by atoms with E-state index >= 15 is 0 Å². The zero-order valence-electron chi connectivity index (χ0n) is 10.8. The fraction of sp³-hybridized carbons (Fsp3) is 0.833. The average molecular weight is 274 g/mol. The number of hydrogen-bond donors (Lipinski definition) is 2. The zero-order valence-corrected chi connectivity index (χ0v) is 11.6. The first kappa shape index (κ1) is 15.3. The Labute approximate surface area is 112 Å². The van der Waals surface area contributed by atoms with Gasteiger partial charge in [0.15, 0.2) is 0 Å². The second-order valence-electron chi connectivity index (χ2n) is 4.54. The number of methoxy groups -OCH3 is 1. The Kier molecular flexibility index (Phi) is 7.12. The molecule has 6 heteroatoms. The van der Waals surface area contributed by atoms with E-state index in [-0.39, 0.29) is 23.8 Å². The minimum absolute atomic E-state index is 0.0688. The van der Waals surface area contributed by atoms with Crippen LogP contribution in [0, 0.1) is 5.92 Å². The van der Waals surface area contributed by atoms with Gasteiger partial charge >= 0.3 is 5.97 Å². The lowest BCUT2D eigenvalue weighted by Gasteiger charge is -2.25. The maximum absolute atomic E-state index is 11.8. The van der Waals surface area contributed by atoms with Gasteiger partial charge in [0, 0.05) is 24.3 Å². The summed E-state index contributed by atoms with van der Waals surface area (Å²) in [5.74, 6) is 0.994. The molecule has 104 valence electrons. The van der Waals surface area contributed by atoms with Crippen molar-refractivity contribution in [3.63, 3.8) is 0 Å². The first-order valence-corrected chi connectivity index (χ1v) is 7.46. The van der Waals surface area contributed by atoms with E-state index in [9.17, 15) is 9.59 Å². The quantitative estimate of drug-likeness (QED) is 0.545. The van der Waals surface area contributed by atoms with Crippen LogP contribution < -0.4 is 11.1 Å². The maximum Gasteiger partial charge on any atom is 0.315 e. The lowest BCUT2D eigenvalue weighted by molar-refractivity contribution is -0.137. The monoisotopic (exact) mass is 274 g/mol. The Morgan fingerprint density at radius 3 is 2.89 bits per heavy atom. The van der Waals surface area contributed by atoms with Crippen LogP contribution >= 0.6 is 11.8 Å². The largest absolute Gasteiger partial charge is 0.468 e. The van der Waals surface area contributed by atoms with Crippen molar-refractivity contribution in [2.75, 3.05) is 25.2 Å². The fourth-order valence-corrected chi connectivity index (χ4v) is 2.75. The lowest BCUT2D eigenvalue weighted by atomic mass is 9.85. The van der Waals surface area contributed by atoms with E-state index in [1.165, 1.54) is 18.9 Å². The van der Waals surface area contributed by atoms with Crippen LogP contribution in [0.2, 0.25) is 0 Å². The van der Waals surface area contributed by atoms with E-state index in [0.717, 1.165) is 31.4 Å². The summed E-state index contributed by atoms with van der Waals surface area (Å²) in [7, 11) is 1.37. The van der Waals surface area contributed by atoms with Gasteiger partial charge in [0.05, 0.1) is 12.9 Å². The smallest absolute Gasteiger partial charge is 0.315 e. The molecule has 2 atom stereocenters. The Morgan fingerprint density at radius 1 is 1.44 bits per heavy atom. The van der Waals surface area contributed by atoms with Crippen LogP contribution in [0.15, 0.2) is 0 Å². The van der Waals surface area contributed by atoms with Gasteiger partial charge in [0.2, 0.25) is 5.91 Å². The molecule has 5 nitrogen and oxygen atoms in total. The third-order valence-electron chi connectivity index (χ3n) is 3.08. The number of nitrogens with two attached hydrogens (primary N) is 1. The van der Waals surface area contributed by atoms with Crippen molar-refractivity contribution in [2.24, 2.45) is 11.7 Å². The highest BCUT2D eigenvalue weighted by molar-refractivity contribution is 7.99. The molecule has 0 aromatic carbocycles. The summed E-state index contributed by atoms with van der Waals surface area (Å²) in [6, 6.07) is 0.170. The van der Waals surface area contributed by atoms with Gasteiger partial charge < -0.3 is 15.8 Å². The summed E-state index contributed by atoms with van der Waals surface area (Å²) in [6.07, 6.45) is 3.80. The SMILES string of the molecule is COC(=O)CSCCNC(=O)C1CCCC(N)C1. The molecule has 2 unspecified atom stereocenters. The van der Waals surface area contributed by atoms with Crippen LogP contribution in [0.3, 0.4) is 0 Å². The molecule has 1 aliphatic rings. The average Bonchev–Trinajstić information content (AvgIpc) is 2.37. The normalized spacial score (nSPS) is 23.4. The molecule has 1 fully saturated rings. The topological polar surface area (TPSA) is 81.4 Å². The number of nitrogens with one attached hydrogen (secondary N) is 1. The van der Waals surface area contributed by atoms with Crippen LogP contribution in [0.1, 0.15) is 25.7 Å². The molecular weight excluding hydrogens is 252 g/mol. The maximum atomic E-state index is 11.8. The molecule has 0 radical (unpaired) electrons. The third kappa shape index (κ3) is 5.73. The third-order valence-corrected chi connectivity index (χ3v) is 4.01. The molecule has 18 heavy (non-hydrogen) atoms. The number of carbonyl (C=O) groups excluding carboxylic acids is 2. The van der Waals surface area contributed by atoms with Gasteiger partial charge in [0.1, 0.15) is 0 Å². The molecule has 0 aromatic rings. The van der Waals surface area contributed by atoms with Crippen molar-refractivity contribution in [1.82, 2.24) is 5.32 Å². The fourth-order valence-electron chi connectivity index (χ4n) is 2.07. The standard InChI is InChI=1S/C12H22N2O3S/c1-17-11(15)8-18-6-5-14-12(16)9-3-2-4-10(13)7-9/h9-10H,2-8,13H2,1H3,(H,14,16). The van der Waals surface area contributed by atoms with Crippen LogP contribution in [0.4, 0.5) is 0 Å². The Balaban J connectivity index is 2.08. The number of esters is 1. The molecular formula is C12H22N2O3S. The molecule has 3 N–H and O–H groups in total. The summed E-state index contributed by atoms with van der Waals surface area (Å²) in [5, 5.41) is 2.90. The molecule has 1 amide bonds. The molecule has 0 aromatic heterocycles. The van der Waals surface area contributed by atoms with Crippen LogP contribution in [-0.4, -0.2) is 43.1 Å². The van der Waals surface area contributed by atoms with Crippen molar-refractivity contribution in [2.45, 2.75) is 31.7 Å². The van der Waals surface area contributed by atoms with E-state index in [1.54, 1.807) is 0 Å². The van der Waals surface area contributed by atoms with Crippen LogP contribution in [-0.2, 0) is 14.3 Å². The molecule has 0 heterocycles. The number of hydrogen-bond acceptors (Lipinski definition) is 5. The first-order chi connectivity index (χ1) is 8.63. The van der Waals surface area contributed by atoms with Crippen LogP contribution in [0.5, 0.6) is 0 Å². The second-order valence-corrected chi connectivity index (χ2v) is 5.65. The molecule has 0 aliphatic heterocycles. The van der Waals surface area contributed by atoms with Gasteiger partial charge in [-0.15, -0.1) is 11.8 Å². The van der Waals surface area contributed by atoms with E-state index in [4.69, 9.17) is 5.73 Å². The summed E-state index contributed by atoms with van der Waals surface area (Å²) in [6.45, 7) is 0.590. The molecule has 0 bridgehead atoms. The van der Waals surface area contributed by atoms with Crippen molar-refractivity contribution in [3.05, 3.63) is 0 Å². The number of ether oxygens (including phenoxy) is 1. The number of thioether (sulfide) groups is 1. The minimum atomic E-state index is -0.232. The first-order valence-electron chi connectivity index (χ1n) is 6.31. The van der Waals surface area contributed by atoms with Crippen LogP contribution in [0.25, 0.3) is 0 Å². The molecule has 0 saturated heterocycles. The van der Waals surface area contributed by atoms with Gasteiger partial charge in [-0.25, -0.2) is 0 Å². The van der Waals surface area contributed by atoms with E-state index in [0.29, 0.717) is 12.3 Å². The van der Waals surface area contributed by atoms with E-state index in [2.05, 4.69) is 10.1 Å². The minimum Gasteiger partial charge on any atom is -0.468 e. The highest BCUT2D eigenvalue weighted by Crippen LogP contribution is 2.22. The molecule has 0 spiro atoms. The van der Waals surface area contributed by atoms with E-state index < -0.39 is 0 Å². The highest BCUT2D eigenvalue weighted by Gasteiger charge is 2.24. The molecule has 1 aliphatic carbocycles. The second kappa shape index (κ2) is 8.37. The molecule has 1 rings (SSSR count).